The Morgan fingerprint density at radius 2 is 1.66 bits per heavy atom. The second-order valence-corrected chi connectivity index (χ2v) is 11.4. The normalized spacial score (nSPS) is 18.3. The average molecular weight is 546 g/mol. The second kappa shape index (κ2) is 10.9. The number of nitrogens with one attached hydrogen (secondary N) is 2. The lowest BCUT2D eigenvalue weighted by molar-refractivity contribution is -0.140. The highest BCUT2D eigenvalue weighted by atomic mass is 35.5. The minimum atomic E-state index is -4.57. The van der Waals surface area contributed by atoms with Crippen LogP contribution in [0.5, 0.6) is 0 Å². The predicted molar refractivity (Wildman–Crippen MR) is 143 cm³/mol. The van der Waals surface area contributed by atoms with Crippen LogP contribution in [0.4, 0.5) is 18.9 Å². The smallest absolute Gasteiger partial charge is 0.382 e. The van der Waals surface area contributed by atoms with Crippen molar-refractivity contribution < 1.29 is 22.8 Å². The molecule has 5 nitrogen and oxygen atoms in total. The van der Waals surface area contributed by atoms with Crippen molar-refractivity contribution >= 4 is 39.9 Å². The largest absolute Gasteiger partial charge is 0.433 e. The first kappa shape index (κ1) is 27.9. The summed E-state index contributed by atoms with van der Waals surface area (Å²) in [5.74, 6) is -0.0939. The number of nitrogens with zero attached hydrogens (tertiary/aromatic N) is 1. The van der Waals surface area contributed by atoms with Crippen molar-refractivity contribution in [3.8, 4) is 0 Å². The van der Waals surface area contributed by atoms with Crippen molar-refractivity contribution in [1.82, 2.24) is 10.3 Å². The molecule has 0 bridgehead atoms. The van der Waals surface area contributed by atoms with Crippen LogP contribution in [-0.2, 0) is 17.4 Å². The van der Waals surface area contributed by atoms with E-state index in [0.717, 1.165) is 11.6 Å². The van der Waals surface area contributed by atoms with E-state index < -0.39 is 17.3 Å². The van der Waals surface area contributed by atoms with E-state index >= 15 is 0 Å². The van der Waals surface area contributed by atoms with Gasteiger partial charge in [0.25, 0.3) is 5.91 Å². The van der Waals surface area contributed by atoms with Crippen molar-refractivity contribution in [3.05, 3.63) is 70.4 Å². The lowest BCUT2D eigenvalue weighted by atomic mass is 9.87. The minimum Gasteiger partial charge on any atom is -0.382 e. The van der Waals surface area contributed by atoms with E-state index in [1.54, 1.807) is 24.3 Å². The summed E-state index contributed by atoms with van der Waals surface area (Å²) in [7, 11) is 0. The molecule has 0 spiro atoms. The lowest BCUT2D eigenvalue weighted by Gasteiger charge is -2.31. The van der Waals surface area contributed by atoms with Gasteiger partial charge in [-0.2, -0.15) is 13.2 Å². The SMILES string of the molecule is CC(C)(C)C(=O)Cc1cccc(C(=O)NC2CCC(Nc3cc(C(F)(F)F)nc4ccc(Cl)cc34)CC2)c1. The number of fused-ring (bicyclic) bond motifs is 1. The number of carbonyl (C=O) groups excluding carboxylic acids is 2. The number of alkyl halides is 3. The van der Waals surface area contributed by atoms with Crippen LogP contribution in [-0.4, -0.2) is 28.8 Å². The summed E-state index contributed by atoms with van der Waals surface area (Å²) >= 11 is 6.10. The van der Waals surface area contributed by atoms with Gasteiger partial charge in [-0.05, 0) is 67.6 Å². The Morgan fingerprint density at radius 1 is 0.974 bits per heavy atom. The first-order valence-corrected chi connectivity index (χ1v) is 13.0. The fourth-order valence-electron chi connectivity index (χ4n) is 4.61. The van der Waals surface area contributed by atoms with Crippen LogP contribution in [0.3, 0.4) is 0 Å². The van der Waals surface area contributed by atoms with Gasteiger partial charge in [-0.25, -0.2) is 4.98 Å². The maximum Gasteiger partial charge on any atom is 0.433 e. The number of anilines is 1. The molecular formula is C29H31ClF3N3O2. The standard InChI is InChI=1S/C29H31ClF3N3O2/c1-28(2,3)26(37)14-17-5-4-6-18(13-17)27(38)35-21-10-8-20(9-11-21)34-24-16-25(29(31,32)33)36-23-12-7-19(30)15-22(23)24/h4-7,12-13,15-16,20-21H,8-11,14H2,1-3H3,(H,34,36)(H,35,38). The van der Waals surface area contributed by atoms with Gasteiger partial charge >= 0.3 is 6.18 Å². The zero-order valence-corrected chi connectivity index (χ0v) is 22.3. The number of halogens is 4. The molecule has 0 atom stereocenters. The maximum atomic E-state index is 13.4. The van der Waals surface area contributed by atoms with Gasteiger partial charge in [0.15, 0.2) is 0 Å². The molecule has 0 saturated heterocycles. The molecule has 2 N–H and O–H groups in total. The van der Waals surface area contributed by atoms with Crippen LogP contribution >= 0.6 is 11.6 Å². The quantitative estimate of drug-likeness (QED) is 0.343. The molecule has 0 radical (unpaired) electrons. The van der Waals surface area contributed by atoms with E-state index in [1.807, 2.05) is 26.8 Å². The van der Waals surface area contributed by atoms with E-state index in [2.05, 4.69) is 15.6 Å². The average Bonchev–Trinajstić information content (AvgIpc) is 2.84. The molecule has 1 aliphatic carbocycles. The highest BCUT2D eigenvalue weighted by Crippen LogP contribution is 2.35. The summed E-state index contributed by atoms with van der Waals surface area (Å²) < 4.78 is 40.3. The number of carbonyl (C=O) groups is 2. The Hall–Kier alpha value is -3.13. The molecule has 0 unspecified atom stereocenters. The Bertz CT molecular complexity index is 1340. The molecule has 1 amide bonds. The van der Waals surface area contributed by atoms with Crippen LogP contribution in [0.2, 0.25) is 5.02 Å². The zero-order valence-electron chi connectivity index (χ0n) is 21.6. The molecule has 1 fully saturated rings. The zero-order chi connectivity index (χ0) is 27.7. The van der Waals surface area contributed by atoms with Crippen LogP contribution in [0.25, 0.3) is 10.9 Å². The maximum absolute atomic E-state index is 13.4. The highest BCUT2D eigenvalue weighted by molar-refractivity contribution is 6.31. The van der Waals surface area contributed by atoms with Crippen molar-refractivity contribution in [1.29, 1.82) is 0 Å². The number of ketones is 1. The van der Waals surface area contributed by atoms with Crippen LogP contribution < -0.4 is 10.6 Å². The van der Waals surface area contributed by atoms with Gasteiger partial charge < -0.3 is 10.6 Å². The van der Waals surface area contributed by atoms with Crippen LogP contribution in [0, 0.1) is 5.41 Å². The van der Waals surface area contributed by atoms with E-state index in [1.165, 1.54) is 12.1 Å². The van der Waals surface area contributed by atoms with Crippen molar-refractivity contribution in [2.45, 2.75) is 71.1 Å². The minimum absolute atomic E-state index is 0.0465. The molecule has 3 aromatic rings. The highest BCUT2D eigenvalue weighted by Gasteiger charge is 2.34. The number of amides is 1. The third kappa shape index (κ3) is 6.84. The first-order chi connectivity index (χ1) is 17.8. The molecular weight excluding hydrogens is 515 g/mol. The topological polar surface area (TPSA) is 71.1 Å². The lowest BCUT2D eigenvalue weighted by Crippen LogP contribution is -2.40. The van der Waals surface area contributed by atoms with Gasteiger partial charge in [-0.3, -0.25) is 9.59 Å². The van der Waals surface area contributed by atoms with Crippen molar-refractivity contribution in [2.24, 2.45) is 5.41 Å². The summed E-state index contributed by atoms with van der Waals surface area (Å²) in [6.07, 6.45) is -1.58. The molecule has 1 saturated carbocycles. The fraction of sp³-hybridized carbons (Fsp3) is 0.414. The molecule has 9 heteroatoms. The van der Waals surface area contributed by atoms with Crippen LogP contribution in [0.15, 0.2) is 48.5 Å². The van der Waals surface area contributed by atoms with E-state index in [9.17, 15) is 22.8 Å². The van der Waals surface area contributed by atoms with Gasteiger partial charge in [0.05, 0.1) is 5.52 Å². The third-order valence-electron chi connectivity index (χ3n) is 6.87. The first-order valence-electron chi connectivity index (χ1n) is 12.7. The number of benzene rings is 2. The summed E-state index contributed by atoms with van der Waals surface area (Å²) in [6, 6.07) is 12.7. The fourth-order valence-corrected chi connectivity index (χ4v) is 4.78. The van der Waals surface area contributed by atoms with E-state index in [4.69, 9.17) is 11.6 Å². The van der Waals surface area contributed by atoms with Gasteiger partial charge in [0.1, 0.15) is 11.5 Å². The summed E-state index contributed by atoms with van der Waals surface area (Å²) in [5.41, 5.74) is 0.464. The molecule has 202 valence electrons. The Morgan fingerprint density at radius 3 is 2.32 bits per heavy atom. The van der Waals surface area contributed by atoms with Crippen LogP contribution in [0.1, 0.15) is 68.1 Å². The Labute approximate surface area is 225 Å². The summed E-state index contributed by atoms with van der Waals surface area (Å²) in [5, 5.41) is 7.28. The number of hydrogen-bond acceptors (Lipinski definition) is 4. The van der Waals surface area contributed by atoms with E-state index in [0.29, 0.717) is 47.3 Å². The van der Waals surface area contributed by atoms with Gasteiger partial charge in [-0.1, -0.05) is 44.5 Å². The number of rotatable bonds is 6. The third-order valence-corrected chi connectivity index (χ3v) is 7.11. The molecule has 2 aromatic carbocycles. The molecule has 0 aliphatic heterocycles. The predicted octanol–water partition coefficient (Wildman–Crippen LogP) is 7.22. The van der Waals surface area contributed by atoms with Gasteiger partial charge in [0, 0.05) is 45.6 Å². The van der Waals surface area contributed by atoms with Crippen molar-refractivity contribution in [2.75, 3.05) is 5.32 Å². The Kier molecular flexibility index (Phi) is 8.02. The molecule has 1 heterocycles. The molecule has 4 rings (SSSR count). The molecule has 1 aliphatic rings. The second-order valence-electron chi connectivity index (χ2n) is 10.9. The van der Waals surface area contributed by atoms with Crippen molar-refractivity contribution in [3.63, 3.8) is 0 Å². The summed E-state index contributed by atoms with van der Waals surface area (Å²) in [6.45, 7) is 5.62. The van der Waals surface area contributed by atoms with Gasteiger partial charge in [-0.15, -0.1) is 0 Å². The van der Waals surface area contributed by atoms with Gasteiger partial charge in [0.2, 0.25) is 0 Å². The number of aromatic nitrogens is 1. The number of pyridine rings is 1. The van der Waals surface area contributed by atoms with E-state index in [-0.39, 0.29) is 35.7 Å². The number of hydrogen-bond donors (Lipinski definition) is 2. The molecule has 1 aromatic heterocycles. The monoisotopic (exact) mass is 545 g/mol. The summed E-state index contributed by atoms with van der Waals surface area (Å²) in [4.78, 5) is 29.0. The Balaban J connectivity index is 1.39. The number of Topliss-reactive ketones (excluding diaryl/α,β-unsaturated/α-hetero) is 1. The molecule has 38 heavy (non-hydrogen) atoms.